The number of halogens is 3. The Balaban J connectivity index is 3.87. The average Bonchev–Trinajstić information content (AvgIpc) is 1.60. The highest BCUT2D eigenvalue weighted by molar-refractivity contribution is 4.55. The van der Waals surface area contributed by atoms with Gasteiger partial charge in [-0.25, -0.2) is 0 Å². The molecule has 0 aliphatic heterocycles. The van der Waals surface area contributed by atoms with E-state index < -0.39 is 18.6 Å². The molecule has 0 saturated carbocycles. The number of ether oxygens (including phenoxy) is 1. The van der Waals surface area contributed by atoms with Crippen LogP contribution in [0.1, 0.15) is 13.8 Å². The first kappa shape index (κ1) is 9.71. The highest BCUT2D eigenvalue weighted by Gasteiger charge is 2.35. The average molecular weight is 158 g/mol. The van der Waals surface area contributed by atoms with Crippen LogP contribution in [0.15, 0.2) is 0 Å². The van der Waals surface area contributed by atoms with Crippen LogP contribution in [0.25, 0.3) is 0 Å². The molecule has 2 nitrogen and oxygen atoms in total. The van der Waals surface area contributed by atoms with Crippen molar-refractivity contribution in [2.24, 2.45) is 5.92 Å². The number of hydrogen-bond donors (Lipinski definition) is 1. The third-order valence-corrected chi connectivity index (χ3v) is 0.966. The summed E-state index contributed by atoms with van der Waals surface area (Å²) in [6.07, 6.45) is 0. The summed E-state index contributed by atoms with van der Waals surface area (Å²) in [6.45, 7) is -0.845. The molecule has 0 radical (unpaired) electrons. The van der Waals surface area contributed by atoms with Gasteiger partial charge in [0, 0.05) is 5.92 Å². The van der Waals surface area contributed by atoms with Gasteiger partial charge in [0.05, 0.1) is 0 Å². The third kappa shape index (κ3) is 3.03. The van der Waals surface area contributed by atoms with Crippen LogP contribution in [-0.4, -0.2) is 17.8 Å². The van der Waals surface area contributed by atoms with E-state index in [1.807, 2.05) is 0 Å². The Kier molecular flexibility index (Phi) is 3.11. The Hall–Kier alpha value is -0.290. The molecule has 0 spiro atoms. The molecule has 0 aromatic rings. The minimum Gasteiger partial charge on any atom is -0.339 e. The van der Waals surface area contributed by atoms with Crippen LogP contribution in [-0.2, 0) is 4.74 Å². The molecule has 1 atom stereocenters. The van der Waals surface area contributed by atoms with Crippen molar-refractivity contribution in [2.45, 2.75) is 26.5 Å². The van der Waals surface area contributed by atoms with E-state index in [2.05, 4.69) is 4.74 Å². The van der Waals surface area contributed by atoms with E-state index in [1.54, 1.807) is 0 Å². The highest BCUT2D eigenvalue weighted by atomic mass is 19.3. The fraction of sp³-hybridized carbons (Fsp3) is 1.00. The van der Waals surface area contributed by atoms with Crippen LogP contribution in [0.2, 0.25) is 0 Å². The van der Waals surface area contributed by atoms with E-state index in [-0.39, 0.29) is 0 Å². The lowest BCUT2D eigenvalue weighted by molar-refractivity contribution is -0.373. The van der Waals surface area contributed by atoms with Crippen molar-refractivity contribution >= 4 is 0 Å². The molecule has 0 bridgehead atoms. The van der Waals surface area contributed by atoms with Crippen LogP contribution in [0.3, 0.4) is 0 Å². The Morgan fingerprint density at radius 1 is 1.40 bits per heavy atom. The maximum Gasteiger partial charge on any atom is 0.349 e. The second-order valence-corrected chi connectivity index (χ2v) is 2.14. The van der Waals surface area contributed by atoms with E-state index in [0.29, 0.717) is 0 Å². The van der Waals surface area contributed by atoms with Gasteiger partial charge in [0.1, 0.15) is 0 Å². The van der Waals surface area contributed by atoms with Gasteiger partial charge in [-0.3, -0.25) is 4.74 Å². The van der Waals surface area contributed by atoms with Crippen molar-refractivity contribution in [1.82, 2.24) is 0 Å². The molecule has 0 amide bonds. The summed E-state index contributed by atoms with van der Waals surface area (Å²) in [4.78, 5) is 0. The largest absolute Gasteiger partial charge is 0.349 e. The molecule has 5 heteroatoms. The summed E-state index contributed by atoms with van der Waals surface area (Å²) in [6, 6.07) is -3.23. The summed E-state index contributed by atoms with van der Waals surface area (Å²) >= 11 is 0. The molecule has 1 N–H and O–H groups in total. The normalized spacial score (nSPS) is 18.0. The van der Waals surface area contributed by atoms with Gasteiger partial charge in [-0.2, -0.15) is 13.2 Å². The van der Waals surface area contributed by atoms with Gasteiger partial charge in [0.2, 0.25) is 0 Å². The van der Waals surface area contributed by atoms with Crippen LogP contribution < -0.4 is 0 Å². The Morgan fingerprint density at radius 2 is 1.80 bits per heavy atom. The second-order valence-electron chi connectivity index (χ2n) is 2.14. The van der Waals surface area contributed by atoms with Crippen molar-refractivity contribution in [3.63, 3.8) is 0 Å². The van der Waals surface area contributed by atoms with E-state index >= 15 is 0 Å². The van der Waals surface area contributed by atoms with E-state index in [9.17, 15) is 13.2 Å². The van der Waals surface area contributed by atoms with Gasteiger partial charge in [-0.15, -0.1) is 0 Å². The fourth-order valence-corrected chi connectivity index (χ4v) is 0.261. The molecular formula is C5H9F3O2. The summed E-state index contributed by atoms with van der Waals surface area (Å²) in [5.74, 6) is -1.01. The number of alkyl halides is 3. The SMILES string of the molecule is CC(C)C(O)(F)OC(F)F. The molecule has 10 heavy (non-hydrogen) atoms. The number of rotatable bonds is 3. The molecule has 1 unspecified atom stereocenters. The Bertz CT molecular complexity index is 103. The van der Waals surface area contributed by atoms with E-state index in [0.717, 1.165) is 0 Å². The lowest BCUT2D eigenvalue weighted by atomic mass is 10.2. The zero-order valence-electron chi connectivity index (χ0n) is 5.64. The first-order valence-corrected chi connectivity index (χ1v) is 2.73. The maximum atomic E-state index is 12.3. The van der Waals surface area contributed by atoms with Crippen LogP contribution >= 0.6 is 0 Å². The minimum atomic E-state index is -3.29. The standard InChI is InChI=1S/C5H9F3O2/c1-3(2)5(8,9)10-4(6)7/h3-4,9H,1-2H3. The predicted octanol–water partition coefficient (Wildman–Crippen LogP) is 1.50. The zero-order valence-corrected chi connectivity index (χ0v) is 5.64. The lowest BCUT2D eigenvalue weighted by Crippen LogP contribution is -2.34. The molecule has 0 aromatic heterocycles. The molecule has 0 saturated heterocycles. The maximum absolute atomic E-state index is 12.3. The molecular weight excluding hydrogens is 149 g/mol. The Labute approximate surface area is 56.6 Å². The second kappa shape index (κ2) is 3.21. The first-order valence-electron chi connectivity index (χ1n) is 2.73. The monoisotopic (exact) mass is 158 g/mol. The van der Waals surface area contributed by atoms with E-state index in [4.69, 9.17) is 5.11 Å². The van der Waals surface area contributed by atoms with Gasteiger partial charge in [0.25, 0.3) is 0 Å². The molecule has 0 aromatic carbocycles. The number of aliphatic hydroxyl groups is 1. The summed E-state index contributed by atoms with van der Waals surface area (Å²) in [7, 11) is 0. The smallest absolute Gasteiger partial charge is 0.339 e. The molecule has 0 aliphatic rings. The van der Waals surface area contributed by atoms with Gasteiger partial charge < -0.3 is 5.11 Å². The first-order chi connectivity index (χ1) is 4.36. The molecule has 0 aliphatic carbocycles. The van der Waals surface area contributed by atoms with E-state index in [1.165, 1.54) is 13.8 Å². The summed E-state index contributed by atoms with van der Waals surface area (Å²) in [5, 5.41) is 8.39. The fourth-order valence-electron chi connectivity index (χ4n) is 0.261. The molecule has 0 heterocycles. The van der Waals surface area contributed by atoms with Crippen molar-refractivity contribution < 1.29 is 23.0 Å². The predicted molar refractivity (Wildman–Crippen MR) is 28.0 cm³/mol. The lowest BCUT2D eigenvalue weighted by Gasteiger charge is -2.21. The van der Waals surface area contributed by atoms with Gasteiger partial charge >= 0.3 is 12.7 Å². The van der Waals surface area contributed by atoms with Crippen molar-refractivity contribution in [3.8, 4) is 0 Å². The van der Waals surface area contributed by atoms with Crippen LogP contribution in [0, 0.1) is 5.92 Å². The van der Waals surface area contributed by atoms with Gasteiger partial charge in [0.15, 0.2) is 0 Å². The summed E-state index contributed by atoms with van der Waals surface area (Å²) < 4.78 is 38.1. The summed E-state index contributed by atoms with van der Waals surface area (Å²) in [5.41, 5.74) is 0. The van der Waals surface area contributed by atoms with Crippen LogP contribution in [0.4, 0.5) is 13.2 Å². The molecule has 0 rings (SSSR count). The Morgan fingerprint density at radius 3 is 1.90 bits per heavy atom. The quantitative estimate of drug-likeness (QED) is 0.630. The van der Waals surface area contributed by atoms with Gasteiger partial charge in [-0.1, -0.05) is 13.8 Å². The zero-order chi connectivity index (χ0) is 8.36. The molecule has 0 fully saturated rings. The van der Waals surface area contributed by atoms with Crippen molar-refractivity contribution in [3.05, 3.63) is 0 Å². The highest BCUT2D eigenvalue weighted by Crippen LogP contribution is 2.22. The van der Waals surface area contributed by atoms with Gasteiger partial charge in [-0.05, 0) is 0 Å². The van der Waals surface area contributed by atoms with Crippen LogP contribution in [0.5, 0.6) is 0 Å². The third-order valence-electron chi connectivity index (χ3n) is 0.966. The topological polar surface area (TPSA) is 29.5 Å². The molecule has 62 valence electrons. The minimum absolute atomic E-state index is 1.01. The van der Waals surface area contributed by atoms with Crippen molar-refractivity contribution in [1.29, 1.82) is 0 Å². The number of hydrogen-bond acceptors (Lipinski definition) is 2. The van der Waals surface area contributed by atoms with Crippen molar-refractivity contribution in [2.75, 3.05) is 0 Å².